The third-order valence-electron chi connectivity index (χ3n) is 2.99. The number of amides is 1. The molecule has 0 aliphatic rings. The molecule has 0 aliphatic heterocycles. The van der Waals surface area contributed by atoms with Crippen LogP contribution >= 0.6 is 0 Å². The van der Waals surface area contributed by atoms with Gasteiger partial charge in [0.15, 0.2) is 0 Å². The van der Waals surface area contributed by atoms with Crippen molar-refractivity contribution in [2.75, 3.05) is 18.1 Å². The summed E-state index contributed by atoms with van der Waals surface area (Å²) in [6.07, 6.45) is 0. The molecular formula is C16H23NO4. The summed E-state index contributed by atoms with van der Waals surface area (Å²) < 4.78 is 5.58. The van der Waals surface area contributed by atoms with Crippen molar-refractivity contribution in [2.45, 2.75) is 27.7 Å². The quantitative estimate of drug-likeness (QED) is 0.839. The topological polar surface area (TPSA) is 66.8 Å². The van der Waals surface area contributed by atoms with E-state index in [4.69, 9.17) is 9.84 Å². The van der Waals surface area contributed by atoms with Gasteiger partial charge in [-0.3, -0.25) is 9.59 Å². The normalized spacial score (nSPS) is 12.0. The first-order valence-corrected chi connectivity index (χ1v) is 7.05. The maximum Gasteiger partial charge on any atom is 0.308 e. The van der Waals surface area contributed by atoms with Gasteiger partial charge in [-0.25, -0.2) is 0 Å². The largest absolute Gasteiger partial charge is 0.493 e. The highest BCUT2D eigenvalue weighted by molar-refractivity contribution is 5.92. The van der Waals surface area contributed by atoms with Crippen LogP contribution in [0.3, 0.4) is 0 Å². The van der Waals surface area contributed by atoms with E-state index in [1.807, 2.05) is 0 Å². The molecule has 1 unspecified atom stereocenters. The van der Waals surface area contributed by atoms with Crippen molar-refractivity contribution in [3.8, 4) is 5.75 Å². The van der Waals surface area contributed by atoms with Gasteiger partial charge in [0.2, 0.25) is 5.91 Å². The molecule has 1 amide bonds. The minimum Gasteiger partial charge on any atom is -0.493 e. The molecular weight excluding hydrogens is 270 g/mol. The average Bonchev–Trinajstić information content (AvgIpc) is 2.42. The lowest BCUT2D eigenvalue weighted by Crippen LogP contribution is -2.35. The summed E-state index contributed by atoms with van der Waals surface area (Å²) in [6, 6.07) is 7.12. The number of carbonyl (C=O) groups excluding carboxylic acids is 1. The summed E-state index contributed by atoms with van der Waals surface area (Å²) in [5.41, 5.74) is 0.674. The predicted molar refractivity (Wildman–Crippen MR) is 81.6 cm³/mol. The Morgan fingerprint density at radius 2 is 1.76 bits per heavy atom. The van der Waals surface area contributed by atoms with Crippen molar-refractivity contribution in [3.05, 3.63) is 24.3 Å². The fourth-order valence-electron chi connectivity index (χ4n) is 1.75. The highest BCUT2D eigenvalue weighted by atomic mass is 16.5. The number of carbonyl (C=O) groups is 2. The van der Waals surface area contributed by atoms with E-state index in [-0.39, 0.29) is 12.5 Å². The fraction of sp³-hybridized carbons (Fsp3) is 0.500. The van der Waals surface area contributed by atoms with Crippen LogP contribution < -0.4 is 9.64 Å². The lowest BCUT2D eigenvalue weighted by Gasteiger charge is -2.23. The van der Waals surface area contributed by atoms with Crippen molar-refractivity contribution in [3.63, 3.8) is 0 Å². The lowest BCUT2D eigenvalue weighted by atomic mass is 10.1. The Balaban J connectivity index is 2.80. The minimum atomic E-state index is -0.918. The predicted octanol–water partition coefficient (Wildman–Crippen LogP) is 2.80. The number of hydrogen-bond donors (Lipinski definition) is 1. The Morgan fingerprint density at radius 3 is 2.19 bits per heavy atom. The maximum absolute atomic E-state index is 11.7. The highest BCUT2D eigenvalue weighted by Gasteiger charge is 2.19. The van der Waals surface area contributed by atoms with E-state index in [1.54, 1.807) is 31.2 Å². The molecule has 0 aromatic heterocycles. The number of hydrogen-bond acceptors (Lipinski definition) is 3. The average molecular weight is 293 g/mol. The Hall–Kier alpha value is -2.04. The molecule has 0 heterocycles. The minimum absolute atomic E-state index is 0.150. The van der Waals surface area contributed by atoms with Crippen LogP contribution in [-0.2, 0) is 9.59 Å². The van der Waals surface area contributed by atoms with Crippen LogP contribution in [0.2, 0.25) is 0 Å². The van der Waals surface area contributed by atoms with Gasteiger partial charge >= 0.3 is 5.97 Å². The second-order valence-corrected chi connectivity index (χ2v) is 5.57. The molecule has 21 heavy (non-hydrogen) atoms. The second kappa shape index (κ2) is 7.67. The van der Waals surface area contributed by atoms with Crippen LogP contribution in [-0.4, -0.2) is 30.1 Å². The molecule has 5 nitrogen and oxygen atoms in total. The summed E-state index contributed by atoms with van der Waals surface area (Å²) in [5.74, 6) is -0.542. The van der Waals surface area contributed by atoms with E-state index < -0.39 is 11.9 Å². The summed E-state index contributed by atoms with van der Waals surface area (Å²) in [7, 11) is 0. The first-order valence-electron chi connectivity index (χ1n) is 7.05. The Bertz CT molecular complexity index is 482. The van der Waals surface area contributed by atoms with Gasteiger partial charge in [0.05, 0.1) is 12.5 Å². The van der Waals surface area contributed by atoms with E-state index in [0.717, 1.165) is 5.75 Å². The fourth-order valence-corrected chi connectivity index (χ4v) is 1.75. The van der Waals surface area contributed by atoms with E-state index in [9.17, 15) is 9.59 Å². The SMILES string of the molecule is CC(=O)N(CC(C)C(=O)O)c1ccc(OCC(C)C)cc1. The second-order valence-electron chi connectivity index (χ2n) is 5.57. The van der Waals surface area contributed by atoms with Gasteiger partial charge in [0, 0.05) is 19.2 Å². The zero-order valence-corrected chi connectivity index (χ0v) is 13.0. The molecule has 0 radical (unpaired) electrons. The van der Waals surface area contributed by atoms with Crippen LogP contribution in [0.5, 0.6) is 5.75 Å². The lowest BCUT2D eigenvalue weighted by molar-refractivity contribution is -0.140. The highest BCUT2D eigenvalue weighted by Crippen LogP contribution is 2.21. The van der Waals surface area contributed by atoms with Crippen molar-refractivity contribution < 1.29 is 19.4 Å². The molecule has 0 spiro atoms. The summed E-state index contributed by atoms with van der Waals surface area (Å²) >= 11 is 0. The van der Waals surface area contributed by atoms with Gasteiger partial charge in [-0.1, -0.05) is 20.8 Å². The number of rotatable bonds is 7. The Morgan fingerprint density at radius 1 is 1.19 bits per heavy atom. The van der Waals surface area contributed by atoms with Crippen molar-refractivity contribution >= 4 is 17.6 Å². The van der Waals surface area contributed by atoms with Crippen LogP contribution in [0, 0.1) is 11.8 Å². The van der Waals surface area contributed by atoms with Crippen LogP contribution in [0.1, 0.15) is 27.7 Å². The first-order chi connectivity index (χ1) is 9.81. The number of aliphatic carboxylic acids is 1. The van der Waals surface area contributed by atoms with Crippen LogP contribution in [0.4, 0.5) is 5.69 Å². The van der Waals surface area contributed by atoms with E-state index in [0.29, 0.717) is 18.2 Å². The Kier molecular flexibility index (Phi) is 6.21. The molecule has 0 saturated carbocycles. The molecule has 1 aromatic rings. The van der Waals surface area contributed by atoms with E-state index in [2.05, 4.69) is 13.8 Å². The van der Waals surface area contributed by atoms with Crippen molar-refractivity contribution in [2.24, 2.45) is 11.8 Å². The zero-order valence-electron chi connectivity index (χ0n) is 13.0. The van der Waals surface area contributed by atoms with Crippen molar-refractivity contribution in [1.82, 2.24) is 0 Å². The monoisotopic (exact) mass is 293 g/mol. The number of ether oxygens (including phenoxy) is 1. The molecule has 5 heteroatoms. The molecule has 1 aromatic carbocycles. The first kappa shape index (κ1) is 17.0. The van der Waals surface area contributed by atoms with Crippen LogP contribution in [0.25, 0.3) is 0 Å². The number of nitrogens with zero attached hydrogens (tertiary/aromatic N) is 1. The van der Waals surface area contributed by atoms with Crippen molar-refractivity contribution in [1.29, 1.82) is 0 Å². The van der Waals surface area contributed by atoms with Gasteiger partial charge in [-0.2, -0.15) is 0 Å². The number of anilines is 1. The smallest absolute Gasteiger partial charge is 0.308 e. The van der Waals surface area contributed by atoms with Gasteiger partial charge in [0.25, 0.3) is 0 Å². The third kappa shape index (κ3) is 5.45. The molecule has 0 fully saturated rings. The van der Waals surface area contributed by atoms with E-state index in [1.165, 1.54) is 11.8 Å². The van der Waals surface area contributed by atoms with Gasteiger partial charge < -0.3 is 14.7 Å². The van der Waals surface area contributed by atoms with Gasteiger partial charge in [-0.05, 0) is 30.2 Å². The molecule has 1 atom stereocenters. The Labute approximate surface area is 125 Å². The number of carboxylic acid groups (broad SMARTS) is 1. The molecule has 0 saturated heterocycles. The molecule has 116 valence electrons. The molecule has 1 N–H and O–H groups in total. The number of benzene rings is 1. The zero-order chi connectivity index (χ0) is 16.0. The standard InChI is InChI=1S/C16H23NO4/c1-11(2)10-21-15-7-5-14(6-8-15)17(13(4)18)9-12(3)16(19)20/h5-8,11-12H,9-10H2,1-4H3,(H,19,20). The summed E-state index contributed by atoms with van der Waals surface area (Å²) in [4.78, 5) is 24.1. The van der Waals surface area contributed by atoms with Gasteiger partial charge in [-0.15, -0.1) is 0 Å². The number of carboxylic acids is 1. The van der Waals surface area contributed by atoms with Gasteiger partial charge in [0.1, 0.15) is 5.75 Å². The third-order valence-corrected chi connectivity index (χ3v) is 2.99. The molecule has 1 rings (SSSR count). The summed E-state index contributed by atoms with van der Waals surface area (Å²) in [6.45, 7) is 7.93. The maximum atomic E-state index is 11.7. The summed E-state index contributed by atoms with van der Waals surface area (Å²) in [5, 5.41) is 8.97. The molecule has 0 aliphatic carbocycles. The van der Waals surface area contributed by atoms with E-state index >= 15 is 0 Å². The molecule has 0 bridgehead atoms. The van der Waals surface area contributed by atoms with Crippen LogP contribution in [0.15, 0.2) is 24.3 Å².